The minimum absolute atomic E-state index is 0.309. The molecule has 1 aliphatic rings. The fraction of sp³-hybridized carbons (Fsp3) is 1.00. The normalized spacial score (nSPS) is 23.5. The van der Waals surface area contributed by atoms with E-state index in [0.717, 1.165) is 44.3 Å². The van der Waals surface area contributed by atoms with Crippen LogP contribution in [-0.4, -0.2) is 50.8 Å². The molecule has 3 nitrogen and oxygen atoms in total. The summed E-state index contributed by atoms with van der Waals surface area (Å²) in [6.07, 6.45) is 4.36. The average molecular weight is 254 g/mol. The van der Waals surface area contributed by atoms with Crippen LogP contribution < -0.4 is 0 Å². The zero-order valence-corrected chi connectivity index (χ0v) is 10.9. The maximum absolute atomic E-state index is 10.9. The first-order valence-electron chi connectivity index (χ1n) is 5.47. The van der Waals surface area contributed by atoms with Crippen molar-refractivity contribution in [3.8, 4) is 0 Å². The summed E-state index contributed by atoms with van der Waals surface area (Å²) < 4.78 is 21.9. The second-order valence-corrected chi connectivity index (χ2v) is 7.05. The van der Waals surface area contributed by atoms with Crippen LogP contribution in [0.15, 0.2) is 0 Å². The molecule has 0 aromatic rings. The third-order valence-corrected chi connectivity index (χ3v) is 4.13. The van der Waals surface area contributed by atoms with Gasteiger partial charge in [0.25, 0.3) is 0 Å². The van der Waals surface area contributed by atoms with Gasteiger partial charge in [0.15, 0.2) is 0 Å². The van der Waals surface area contributed by atoms with E-state index in [2.05, 4.69) is 4.90 Å². The van der Waals surface area contributed by atoms with Crippen LogP contribution in [0.1, 0.15) is 19.3 Å². The molecule has 1 heterocycles. The summed E-state index contributed by atoms with van der Waals surface area (Å²) in [4.78, 5) is 2.35. The molecule has 0 radical (unpaired) electrons. The molecule has 0 saturated carbocycles. The topological polar surface area (TPSA) is 37.4 Å². The van der Waals surface area contributed by atoms with E-state index in [0.29, 0.717) is 5.75 Å². The number of rotatable bonds is 6. The largest absolute Gasteiger partial charge is 0.303 e. The number of halogens is 1. The third-order valence-electron chi connectivity index (χ3n) is 2.88. The van der Waals surface area contributed by atoms with Crippen molar-refractivity contribution in [2.45, 2.75) is 19.3 Å². The van der Waals surface area contributed by atoms with Crippen molar-refractivity contribution in [3.63, 3.8) is 0 Å². The Kier molecular flexibility index (Phi) is 5.36. The van der Waals surface area contributed by atoms with Gasteiger partial charge < -0.3 is 4.90 Å². The van der Waals surface area contributed by atoms with Crippen LogP contribution in [0.4, 0.5) is 0 Å². The second-order valence-electron chi connectivity index (χ2n) is 4.42. The predicted molar refractivity (Wildman–Crippen MR) is 64.2 cm³/mol. The van der Waals surface area contributed by atoms with Gasteiger partial charge in [0, 0.05) is 18.7 Å². The summed E-state index contributed by atoms with van der Waals surface area (Å²) in [5.41, 5.74) is 0. The Balaban J connectivity index is 2.14. The van der Waals surface area contributed by atoms with Crippen LogP contribution in [0.25, 0.3) is 0 Å². The van der Waals surface area contributed by atoms with Crippen molar-refractivity contribution in [1.82, 2.24) is 4.90 Å². The lowest BCUT2D eigenvalue weighted by Gasteiger charge is -2.15. The second kappa shape index (κ2) is 6.06. The lowest BCUT2D eigenvalue weighted by molar-refractivity contribution is 0.324. The first-order valence-corrected chi connectivity index (χ1v) is 8.07. The maximum atomic E-state index is 10.9. The highest BCUT2D eigenvalue weighted by Crippen LogP contribution is 2.19. The predicted octanol–water partition coefficient (Wildman–Crippen LogP) is 1.37. The van der Waals surface area contributed by atoms with E-state index in [1.54, 1.807) is 0 Å². The molecule has 1 rings (SSSR count). The number of likely N-dealkylation sites (tertiary alicyclic amines) is 1. The van der Waals surface area contributed by atoms with E-state index in [1.807, 2.05) is 0 Å². The Morgan fingerprint density at radius 3 is 2.80 bits per heavy atom. The summed E-state index contributed by atoms with van der Waals surface area (Å²) in [5, 5.41) is 0. The van der Waals surface area contributed by atoms with Crippen molar-refractivity contribution >= 4 is 21.4 Å². The van der Waals surface area contributed by atoms with Gasteiger partial charge in [-0.1, -0.05) is 0 Å². The number of alkyl halides is 1. The van der Waals surface area contributed by atoms with Gasteiger partial charge in [0.1, 0.15) is 9.84 Å². The van der Waals surface area contributed by atoms with Crippen LogP contribution >= 0.6 is 11.6 Å². The van der Waals surface area contributed by atoms with Crippen LogP contribution in [-0.2, 0) is 9.84 Å². The van der Waals surface area contributed by atoms with Crippen LogP contribution in [0.2, 0.25) is 0 Å². The molecule has 0 amide bonds. The molecule has 90 valence electrons. The molecule has 0 aromatic heterocycles. The minimum Gasteiger partial charge on any atom is -0.303 e. The Hall–Kier alpha value is 0.200. The standard InChI is InChI=1S/C10H20ClNO2S/c1-15(13,14)8-2-6-12-7-4-10(9-12)3-5-11/h10H,2-9H2,1H3. The zero-order valence-electron chi connectivity index (χ0n) is 9.28. The molecule has 15 heavy (non-hydrogen) atoms. The Morgan fingerprint density at radius 1 is 1.47 bits per heavy atom. The molecule has 1 atom stereocenters. The first-order chi connectivity index (χ1) is 7.01. The van der Waals surface area contributed by atoms with Crippen molar-refractivity contribution in [3.05, 3.63) is 0 Å². The Bertz CT molecular complexity index is 279. The lowest BCUT2D eigenvalue weighted by atomic mass is 10.1. The van der Waals surface area contributed by atoms with Crippen molar-refractivity contribution in [2.24, 2.45) is 5.92 Å². The monoisotopic (exact) mass is 253 g/mol. The number of sulfone groups is 1. The average Bonchev–Trinajstić information content (AvgIpc) is 2.51. The minimum atomic E-state index is -2.79. The van der Waals surface area contributed by atoms with Crippen LogP contribution in [0.3, 0.4) is 0 Å². The van der Waals surface area contributed by atoms with Gasteiger partial charge in [-0.2, -0.15) is 0 Å². The smallest absolute Gasteiger partial charge is 0.147 e. The van der Waals surface area contributed by atoms with Crippen molar-refractivity contribution in [1.29, 1.82) is 0 Å². The summed E-state index contributed by atoms with van der Waals surface area (Å²) >= 11 is 5.70. The van der Waals surface area contributed by atoms with Crippen LogP contribution in [0, 0.1) is 5.92 Å². The van der Waals surface area contributed by atoms with Crippen molar-refractivity contribution in [2.75, 3.05) is 37.5 Å². The van der Waals surface area contributed by atoms with E-state index in [1.165, 1.54) is 12.7 Å². The Morgan fingerprint density at radius 2 is 2.20 bits per heavy atom. The molecule has 5 heteroatoms. The SMILES string of the molecule is CS(=O)(=O)CCCN1CCC(CCCl)C1. The zero-order chi connectivity index (χ0) is 11.3. The molecule has 1 unspecified atom stereocenters. The van der Waals surface area contributed by atoms with E-state index in [-0.39, 0.29) is 0 Å². The Labute approximate surface area is 97.7 Å². The van der Waals surface area contributed by atoms with Gasteiger partial charge >= 0.3 is 0 Å². The highest BCUT2D eigenvalue weighted by Gasteiger charge is 2.21. The van der Waals surface area contributed by atoms with E-state index < -0.39 is 9.84 Å². The molecular formula is C10H20ClNO2S. The quantitative estimate of drug-likeness (QED) is 0.671. The fourth-order valence-electron chi connectivity index (χ4n) is 2.06. The molecule has 1 aliphatic heterocycles. The van der Waals surface area contributed by atoms with Gasteiger partial charge in [-0.05, 0) is 38.3 Å². The van der Waals surface area contributed by atoms with Gasteiger partial charge in [-0.25, -0.2) is 8.42 Å². The van der Waals surface area contributed by atoms with Crippen molar-refractivity contribution < 1.29 is 8.42 Å². The molecule has 1 fully saturated rings. The molecule has 1 saturated heterocycles. The number of hydrogen-bond donors (Lipinski definition) is 0. The maximum Gasteiger partial charge on any atom is 0.147 e. The van der Waals surface area contributed by atoms with E-state index >= 15 is 0 Å². The molecule has 0 spiro atoms. The van der Waals surface area contributed by atoms with Gasteiger partial charge in [-0.3, -0.25) is 0 Å². The highest BCUT2D eigenvalue weighted by atomic mass is 35.5. The molecule has 0 aromatic carbocycles. The number of nitrogens with zero attached hydrogens (tertiary/aromatic N) is 1. The van der Waals surface area contributed by atoms with Crippen LogP contribution in [0.5, 0.6) is 0 Å². The first kappa shape index (κ1) is 13.3. The van der Waals surface area contributed by atoms with Gasteiger partial charge in [0.2, 0.25) is 0 Å². The molecule has 0 N–H and O–H groups in total. The molecule has 0 aliphatic carbocycles. The third kappa shape index (κ3) is 5.73. The summed E-state index contributed by atoms with van der Waals surface area (Å²) in [7, 11) is -2.79. The summed E-state index contributed by atoms with van der Waals surface area (Å²) in [5.74, 6) is 1.77. The van der Waals surface area contributed by atoms with E-state index in [4.69, 9.17) is 11.6 Å². The summed E-state index contributed by atoms with van der Waals surface area (Å²) in [6, 6.07) is 0. The lowest BCUT2D eigenvalue weighted by Crippen LogP contribution is -2.23. The summed E-state index contributed by atoms with van der Waals surface area (Å²) in [6.45, 7) is 3.10. The van der Waals surface area contributed by atoms with E-state index in [9.17, 15) is 8.42 Å². The van der Waals surface area contributed by atoms with Gasteiger partial charge in [-0.15, -0.1) is 11.6 Å². The van der Waals surface area contributed by atoms with Gasteiger partial charge in [0.05, 0.1) is 5.75 Å². The number of hydrogen-bond acceptors (Lipinski definition) is 3. The highest BCUT2D eigenvalue weighted by molar-refractivity contribution is 7.90. The molecule has 0 bridgehead atoms. The molecular weight excluding hydrogens is 234 g/mol. The fourth-order valence-corrected chi connectivity index (χ4v) is 3.02.